The normalized spacial score (nSPS) is 19.5. The molecule has 2 rings (SSSR count). The molecule has 124 valence electrons. The zero-order valence-corrected chi connectivity index (χ0v) is 12.8. The lowest BCUT2D eigenvalue weighted by Gasteiger charge is -2.33. The van der Waals surface area contributed by atoms with Crippen molar-refractivity contribution < 1.29 is 23.1 Å². The Balaban J connectivity index is 0.00000242. The number of likely N-dealkylation sites (tertiary alicyclic amines) is 1. The van der Waals surface area contributed by atoms with Crippen LogP contribution in [-0.4, -0.2) is 35.2 Å². The minimum absolute atomic E-state index is 0. The molecule has 1 aliphatic heterocycles. The molecule has 0 amide bonds. The van der Waals surface area contributed by atoms with E-state index in [0.717, 1.165) is 5.56 Å². The van der Waals surface area contributed by atoms with E-state index in [1.54, 1.807) is 24.3 Å². The van der Waals surface area contributed by atoms with E-state index in [1.807, 2.05) is 4.90 Å². The van der Waals surface area contributed by atoms with Gasteiger partial charge >= 0.3 is 12.1 Å². The first-order valence-electron chi connectivity index (χ1n) is 6.93. The highest BCUT2D eigenvalue weighted by atomic mass is 35.5. The Morgan fingerprint density at radius 3 is 2.36 bits per heavy atom. The summed E-state index contributed by atoms with van der Waals surface area (Å²) in [6.07, 6.45) is -3.40. The third-order valence-electron chi connectivity index (χ3n) is 3.75. The average molecular weight is 338 g/mol. The lowest BCUT2D eigenvalue weighted by molar-refractivity contribution is -0.187. The number of piperidine rings is 1. The summed E-state index contributed by atoms with van der Waals surface area (Å²) >= 11 is 0. The number of hydrogen-bond donors (Lipinski definition) is 1. The van der Waals surface area contributed by atoms with Crippen LogP contribution in [0, 0.1) is 5.92 Å². The van der Waals surface area contributed by atoms with E-state index in [1.165, 1.54) is 0 Å². The largest absolute Gasteiger partial charge is 0.481 e. The number of nitrogens with zero attached hydrogens (tertiary/aromatic N) is 1. The van der Waals surface area contributed by atoms with E-state index in [4.69, 9.17) is 5.11 Å². The summed E-state index contributed by atoms with van der Waals surface area (Å²) in [5, 5.41) is 8.69. The van der Waals surface area contributed by atoms with Crippen LogP contribution in [0.4, 0.5) is 13.2 Å². The highest BCUT2D eigenvalue weighted by Gasteiger charge is 2.41. The number of carbonyl (C=O) groups is 1. The molecule has 0 aromatic heterocycles. The van der Waals surface area contributed by atoms with E-state index in [-0.39, 0.29) is 31.8 Å². The fraction of sp³-hybridized carbons (Fsp3) is 0.533. The maximum Gasteiger partial charge on any atom is 0.393 e. The number of aliphatic carboxylic acids is 1. The monoisotopic (exact) mass is 337 g/mol. The standard InChI is InChI=1S/C15H18F3NO2.ClH/c16-15(17,18)13-2-1-7-19(10-13)9-12-5-3-11(4-6-12)8-14(20)21;/h3-6,13H,1-2,7-10H2,(H,20,21);1H. The van der Waals surface area contributed by atoms with Crippen LogP contribution < -0.4 is 0 Å². The van der Waals surface area contributed by atoms with Gasteiger partial charge in [-0.1, -0.05) is 24.3 Å². The van der Waals surface area contributed by atoms with Gasteiger partial charge in [-0.2, -0.15) is 13.2 Å². The summed E-state index contributed by atoms with van der Waals surface area (Å²) in [5.74, 6) is -2.13. The molecule has 0 bridgehead atoms. The van der Waals surface area contributed by atoms with Crippen molar-refractivity contribution >= 4 is 18.4 Å². The molecule has 1 saturated heterocycles. The van der Waals surface area contributed by atoms with Crippen LogP contribution in [0.25, 0.3) is 0 Å². The highest BCUT2D eigenvalue weighted by molar-refractivity contribution is 5.85. The lowest BCUT2D eigenvalue weighted by atomic mass is 9.97. The smallest absolute Gasteiger partial charge is 0.393 e. The first-order valence-corrected chi connectivity index (χ1v) is 6.93. The van der Waals surface area contributed by atoms with Gasteiger partial charge in [-0.15, -0.1) is 12.4 Å². The minimum Gasteiger partial charge on any atom is -0.481 e. The lowest BCUT2D eigenvalue weighted by Crippen LogP contribution is -2.41. The van der Waals surface area contributed by atoms with Gasteiger partial charge in [0.2, 0.25) is 0 Å². The minimum atomic E-state index is -4.12. The summed E-state index contributed by atoms with van der Waals surface area (Å²) in [6.45, 7) is 1.18. The molecule has 22 heavy (non-hydrogen) atoms. The maximum absolute atomic E-state index is 12.7. The number of benzene rings is 1. The van der Waals surface area contributed by atoms with E-state index in [9.17, 15) is 18.0 Å². The molecule has 0 saturated carbocycles. The Kier molecular flexibility index (Phi) is 6.68. The molecule has 1 atom stereocenters. The summed E-state index contributed by atoms with van der Waals surface area (Å²) < 4.78 is 38.2. The second-order valence-corrected chi connectivity index (χ2v) is 5.50. The van der Waals surface area contributed by atoms with Gasteiger partial charge in [-0.25, -0.2) is 0 Å². The third kappa shape index (κ3) is 5.50. The van der Waals surface area contributed by atoms with Gasteiger partial charge in [0.25, 0.3) is 0 Å². The van der Waals surface area contributed by atoms with Crippen molar-refractivity contribution in [2.45, 2.75) is 32.0 Å². The summed E-state index contributed by atoms with van der Waals surface area (Å²) in [7, 11) is 0. The number of alkyl halides is 3. The number of halogens is 4. The molecule has 1 aliphatic rings. The maximum atomic E-state index is 12.7. The number of rotatable bonds is 4. The fourth-order valence-corrected chi connectivity index (χ4v) is 2.66. The van der Waals surface area contributed by atoms with Gasteiger partial charge < -0.3 is 5.11 Å². The number of carboxylic acid groups (broad SMARTS) is 1. The topological polar surface area (TPSA) is 40.5 Å². The predicted molar refractivity (Wildman–Crippen MR) is 79.1 cm³/mol. The molecule has 0 aliphatic carbocycles. The van der Waals surface area contributed by atoms with Crippen LogP contribution in [0.2, 0.25) is 0 Å². The van der Waals surface area contributed by atoms with Crippen LogP contribution >= 0.6 is 12.4 Å². The fourth-order valence-electron chi connectivity index (χ4n) is 2.66. The van der Waals surface area contributed by atoms with Crippen LogP contribution in [0.3, 0.4) is 0 Å². The molecule has 1 N–H and O–H groups in total. The quantitative estimate of drug-likeness (QED) is 0.914. The second-order valence-electron chi connectivity index (χ2n) is 5.50. The van der Waals surface area contributed by atoms with Crippen molar-refractivity contribution in [1.82, 2.24) is 4.90 Å². The molecule has 7 heteroatoms. The Morgan fingerprint density at radius 1 is 1.23 bits per heavy atom. The van der Waals surface area contributed by atoms with Gasteiger partial charge in [0.1, 0.15) is 0 Å². The number of hydrogen-bond acceptors (Lipinski definition) is 2. The van der Waals surface area contributed by atoms with Gasteiger partial charge in [-0.05, 0) is 30.5 Å². The third-order valence-corrected chi connectivity index (χ3v) is 3.75. The van der Waals surface area contributed by atoms with Crippen LogP contribution in [-0.2, 0) is 17.8 Å². The van der Waals surface area contributed by atoms with E-state index in [0.29, 0.717) is 25.1 Å². The van der Waals surface area contributed by atoms with Crippen LogP contribution in [0.15, 0.2) is 24.3 Å². The van der Waals surface area contributed by atoms with E-state index < -0.39 is 18.1 Å². The number of carboxylic acids is 1. The predicted octanol–water partition coefficient (Wildman–Crippen LogP) is 3.51. The summed E-state index contributed by atoms with van der Waals surface area (Å²) in [5.41, 5.74) is 1.60. The molecule has 1 unspecified atom stereocenters. The molecule has 1 heterocycles. The summed E-state index contributed by atoms with van der Waals surface area (Å²) in [4.78, 5) is 12.4. The molecule has 0 radical (unpaired) electrons. The molecular formula is C15H19ClF3NO2. The van der Waals surface area contributed by atoms with E-state index >= 15 is 0 Å². The molecule has 0 spiro atoms. The molecule has 1 fully saturated rings. The van der Waals surface area contributed by atoms with Gasteiger partial charge in [0.05, 0.1) is 12.3 Å². The molecule has 3 nitrogen and oxygen atoms in total. The average Bonchev–Trinajstić information content (AvgIpc) is 2.40. The van der Waals surface area contributed by atoms with Crippen molar-refractivity contribution in [1.29, 1.82) is 0 Å². The van der Waals surface area contributed by atoms with Crippen molar-refractivity contribution in [2.75, 3.05) is 13.1 Å². The molecule has 1 aromatic rings. The van der Waals surface area contributed by atoms with Crippen LogP contribution in [0.1, 0.15) is 24.0 Å². The van der Waals surface area contributed by atoms with E-state index in [2.05, 4.69) is 0 Å². The van der Waals surface area contributed by atoms with Gasteiger partial charge in [-0.3, -0.25) is 9.69 Å². The SMILES string of the molecule is Cl.O=C(O)Cc1ccc(CN2CCCC(C(F)(F)F)C2)cc1. The van der Waals surface area contributed by atoms with Crippen molar-refractivity contribution in [3.63, 3.8) is 0 Å². The van der Waals surface area contributed by atoms with Gasteiger partial charge in [0.15, 0.2) is 0 Å². The van der Waals surface area contributed by atoms with Crippen molar-refractivity contribution in [3.8, 4) is 0 Å². The van der Waals surface area contributed by atoms with Crippen molar-refractivity contribution in [2.24, 2.45) is 5.92 Å². The van der Waals surface area contributed by atoms with Crippen molar-refractivity contribution in [3.05, 3.63) is 35.4 Å². The van der Waals surface area contributed by atoms with Crippen LogP contribution in [0.5, 0.6) is 0 Å². The molecular weight excluding hydrogens is 319 g/mol. The zero-order valence-electron chi connectivity index (χ0n) is 12.0. The highest BCUT2D eigenvalue weighted by Crippen LogP contribution is 2.33. The molecule has 1 aromatic carbocycles. The first-order chi connectivity index (χ1) is 9.84. The zero-order chi connectivity index (χ0) is 15.5. The Hall–Kier alpha value is -1.27. The first kappa shape index (κ1) is 18.8. The van der Waals surface area contributed by atoms with Gasteiger partial charge in [0, 0.05) is 13.1 Å². The summed E-state index contributed by atoms with van der Waals surface area (Å²) in [6, 6.07) is 7.01. The second kappa shape index (κ2) is 7.83. The Labute approximate surface area is 133 Å². The Bertz CT molecular complexity index is 491. The Morgan fingerprint density at radius 2 is 1.82 bits per heavy atom.